The van der Waals surface area contributed by atoms with E-state index >= 15 is 0 Å². The van der Waals surface area contributed by atoms with Gasteiger partial charge in [-0.05, 0) is 37.6 Å². The lowest BCUT2D eigenvalue weighted by Gasteiger charge is -2.08. The molecule has 0 saturated carbocycles. The predicted molar refractivity (Wildman–Crippen MR) is 91.5 cm³/mol. The Bertz CT molecular complexity index is 824. The van der Waals surface area contributed by atoms with Gasteiger partial charge < -0.3 is 9.88 Å². The first-order chi connectivity index (χ1) is 10.6. The smallest absolute Gasteiger partial charge is 0.263 e. The molecule has 0 spiro atoms. The van der Waals surface area contributed by atoms with Gasteiger partial charge in [0, 0.05) is 35.9 Å². The minimum atomic E-state index is -0.107. The van der Waals surface area contributed by atoms with Gasteiger partial charge >= 0.3 is 0 Å². The minimum Gasteiger partial charge on any atom is -0.350 e. The van der Waals surface area contributed by atoms with Crippen LogP contribution in [0.1, 0.15) is 20.9 Å². The number of carbonyl (C=O) groups excluding carboxylic acids is 1. The summed E-state index contributed by atoms with van der Waals surface area (Å²) >= 11 is 7.09. The highest BCUT2D eigenvalue weighted by molar-refractivity contribution is 7.21. The Morgan fingerprint density at radius 2 is 2.09 bits per heavy atom. The molecule has 3 aromatic heterocycles. The quantitative estimate of drug-likeness (QED) is 0.740. The van der Waals surface area contributed by atoms with Gasteiger partial charge in [-0.3, -0.25) is 4.79 Å². The van der Waals surface area contributed by atoms with Gasteiger partial charge in [0.2, 0.25) is 0 Å². The van der Waals surface area contributed by atoms with Crippen LogP contribution in [0.5, 0.6) is 0 Å². The van der Waals surface area contributed by atoms with Crippen molar-refractivity contribution in [2.24, 2.45) is 0 Å². The van der Waals surface area contributed by atoms with E-state index in [2.05, 4.69) is 17.2 Å². The normalized spacial score (nSPS) is 11.0. The maximum absolute atomic E-state index is 12.5. The van der Waals surface area contributed by atoms with Crippen LogP contribution in [-0.4, -0.2) is 27.9 Å². The molecule has 3 rings (SSSR count). The monoisotopic (exact) mass is 333 g/mol. The number of aryl methyl sites for hydroxylation is 2. The van der Waals surface area contributed by atoms with Crippen molar-refractivity contribution >= 4 is 39.1 Å². The van der Waals surface area contributed by atoms with Gasteiger partial charge in [-0.1, -0.05) is 0 Å². The van der Waals surface area contributed by atoms with Crippen molar-refractivity contribution < 1.29 is 4.79 Å². The second-order valence-corrected chi connectivity index (χ2v) is 6.45. The molecule has 6 heteroatoms. The molecule has 0 fully saturated rings. The van der Waals surface area contributed by atoms with E-state index in [4.69, 9.17) is 11.6 Å². The average Bonchev–Trinajstić information content (AvgIpc) is 3.10. The molecule has 0 atom stereocenters. The summed E-state index contributed by atoms with van der Waals surface area (Å²) < 4.78 is 1.97. The van der Waals surface area contributed by atoms with Crippen LogP contribution in [0.4, 0.5) is 0 Å². The van der Waals surface area contributed by atoms with Gasteiger partial charge in [-0.15, -0.1) is 22.9 Å². The molecule has 22 heavy (non-hydrogen) atoms. The van der Waals surface area contributed by atoms with E-state index in [1.807, 2.05) is 42.1 Å². The number of thiophene rings is 1. The number of aromatic nitrogens is 2. The van der Waals surface area contributed by atoms with Gasteiger partial charge in [0.15, 0.2) is 0 Å². The summed E-state index contributed by atoms with van der Waals surface area (Å²) in [6.45, 7) is 4.47. The number of nitrogens with zero attached hydrogens (tertiary/aromatic N) is 2. The molecule has 0 radical (unpaired) electrons. The second kappa shape index (κ2) is 6.10. The van der Waals surface area contributed by atoms with Crippen LogP contribution in [0.25, 0.3) is 15.9 Å². The summed E-state index contributed by atoms with van der Waals surface area (Å²) in [5.41, 5.74) is 2.97. The van der Waals surface area contributed by atoms with E-state index < -0.39 is 0 Å². The van der Waals surface area contributed by atoms with Crippen molar-refractivity contribution in [3.8, 4) is 5.69 Å². The Balaban J connectivity index is 2.25. The van der Waals surface area contributed by atoms with Gasteiger partial charge in [-0.25, -0.2) is 4.98 Å². The maximum Gasteiger partial charge on any atom is 0.263 e. The Kier molecular flexibility index (Phi) is 4.18. The topological polar surface area (TPSA) is 46.9 Å². The Morgan fingerprint density at radius 1 is 1.36 bits per heavy atom. The molecule has 4 nitrogen and oxygen atoms in total. The summed E-state index contributed by atoms with van der Waals surface area (Å²) in [4.78, 5) is 18.6. The second-order valence-electron chi connectivity index (χ2n) is 5.08. The van der Waals surface area contributed by atoms with Crippen LogP contribution in [0.2, 0.25) is 0 Å². The zero-order valence-corrected chi connectivity index (χ0v) is 14.0. The fraction of sp³-hybridized carbons (Fsp3) is 0.250. The number of nitrogens with one attached hydrogen (secondary N) is 1. The van der Waals surface area contributed by atoms with Crippen LogP contribution in [0, 0.1) is 13.8 Å². The summed E-state index contributed by atoms with van der Waals surface area (Å²) in [5.74, 6) is 0.288. The van der Waals surface area contributed by atoms with Crippen molar-refractivity contribution in [2.75, 3.05) is 12.4 Å². The predicted octanol–water partition coefficient (Wildman–Crippen LogP) is 3.67. The SMILES string of the molecule is Cc1cc(C)c2c(-n3cccc3)c(C(=O)NCCCl)sc2n1. The van der Waals surface area contributed by atoms with Crippen molar-refractivity contribution in [1.29, 1.82) is 0 Å². The lowest BCUT2D eigenvalue weighted by atomic mass is 10.1. The zero-order chi connectivity index (χ0) is 15.7. The van der Waals surface area contributed by atoms with Crippen LogP contribution in [0.3, 0.4) is 0 Å². The molecule has 3 heterocycles. The summed E-state index contributed by atoms with van der Waals surface area (Å²) in [6.07, 6.45) is 3.89. The van der Waals surface area contributed by atoms with Crippen LogP contribution < -0.4 is 5.32 Å². The Morgan fingerprint density at radius 3 is 2.77 bits per heavy atom. The van der Waals surface area contributed by atoms with Crippen molar-refractivity contribution in [3.63, 3.8) is 0 Å². The van der Waals surface area contributed by atoms with Crippen molar-refractivity contribution in [1.82, 2.24) is 14.9 Å². The molecule has 0 aromatic carbocycles. The van der Waals surface area contributed by atoms with Gasteiger partial charge in [0.1, 0.15) is 9.71 Å². The fourth-order valence-electron chi connectivity index (χ4n) is 2.55. The molecule has 0 bridgehead atoms. The van der Waals surface area contributed by atoms with E-state index in [-0.39, 0.29) is 5.91 Å². The highest BCUT2D eigenvalue weighted by Crippen LogP contribution is 2.35. The number of halogens is 1. The first-order valence-electron chi connectivity index (χ1n) is 7.00. The Labute approximate surface area is 137 Å². The highest BCUT2D eigenvalue weighted by atomic mass is 35.5. The molecular formula is C16H16ClN3OS. The third kappa shape index (κ3) is 2.62. The number of hydrogen-bond donors (Lipinski definition) is 1. The number of rotatable bonds is 4. The van der Waals surface area contributed by atoms with E-state index in [9.17, 15) is 4.79 Å². The van der Waals surface area contributed by atoms with Gasteiger partial charge in [0.25, 0.3) is 5.91 Å². The van der Waals surface area contributed by atoms with Crippen LogP contribution >= 0.6 is 22.9 Å². The molecule has 0 unspecified atom stereocenters. The number of fused-ring (bicyclic) bond motifs is 1. The summed E-state index contributed by atoms with van der Waals surface area (Å²) in [7, 11) is 0. The first-order valence-corrected chi connectivity index (χ1v) is 8.35. The van der Waals surface area contributed by atoms with Gasteiger partial charge in [-0.2, -0.15) is 0 Å². The van der Waals surface area contributed by atoms with Crippen molar-refractivity contribution in [2.45, 2.75) is 13.8 Å². The number of hydrogen-bond acceptors (Lipinski definition) is 3. The molecule has 0 aliphatic heterocycles. The molecule has 114 valence electrons. The number of alkyl halides is 1. The van der Waals surface area contributed by atoms with Crippen LogP contribution in [0.15, 0.2) is 30.6 Å². The van der Waals surface area contributed by atoms with E-state index in [0.717, 1.165) is 27.2 Å². The van der Waals surface area contributed by atoms with Crippen LogP contribution in [-0.2, 0) is 0 Å². The lowest BCUT2D eigenvalue weighted by molar-refractivity contribution is 0.0960. The van der Waals surface area contributed by atoms with E-state index in [1.54, 1.807) is 0 Å². The van der Waals surface area contributed by atoms with Crippen molar-refractivity contribution in [3.05, 3.63) is 46.7 Å². The number of pyridine rings is 1. The third-order valence-corrected chi connectivity index (χ3v) is 4.67. The molecule has 0 aliphatic rings. The maximum atomic E-state index is 12.5. The third-order valence-electron chi connectivity index (χ3n) is 3.41. The van der Waals surface area contributed by atoms with E-state index in [0.29, 0.717) is 17.3 Å². The van der Waals surface area contributed by atoms with E-state index in [1.165, 1.54) is 11.3 Å². The molecule has 0 saturated heterocycles. The molecular weight excluding hydrogens is 318 g/mol. The highest BCUT2D eigenvalue weighted by Gasteiger charge is 2.21. The standard InChI is InChI=1S/C16H16ClN3OS/c1-10-9-11(2)19-16-12(10)13(20-7-3-4-8-20)14(22-16)15(21)18-6-5-17/h3-4,7-9H,5-6H2,1-2H3,(H,18,21). The lowest BCUT2D eigenvalue weighted by Crippen LogP contribution is -2.25. The first kappa shape index (κ1) is 15.1. The Hall–Kier alpha value is -1.85. The number of amides is 1. The zero-order valence-electron chi connectivity index (χ0n) is 12.4. The van der Waals surface area contributed by atoms with Gasteiger partial charge in [0.05, 0.1) is 5.69 Å². The average molecular weight is 334 g/mol. The fourth-order valence-corrected chi connectivity index (χ4v) is 3.85. The molecule has 0 aliphatic carbocycles. The molecule has 3 aromatic rings. The summed E-state index contributed by atoms with van der Waals surface area (Å²) in [6, 6.07) is 5.93. The summed E-state index contributed by atoms with van der Waals surface area (Å²) in [5, 5.41) is 3.87. The molecule has 1 N–H and O–H groups in total. The largest absolute Gasteiger partial charge is 0.350 e. The molecule has 1 amide bonds. The number of carbonyl (C=O) groups is 1. The minimum absolute atomic E-state index is 0.107.